The quantitative estimate of drug-likeness (QED) is 0.909. The number of amides is 1. The van der Waals surface area contributed by atoms with Crippen LogP contribution in [0.15, 0.2) is 24.3 Å². The largest absolute Gasteiger partial charge is 0.368 e. The smallest absolute Gasteiger partial charge is 0.248 e. The lowest BCUT2D eigenvalue weighted by Crippen LogP contribution is -2.50. The maximum Gasteiger partial charge on any atom is 0.248 e. The molecule has 1 aromatic rings. The standard InChI is InChI=1S/C17H24ClN3O2/c18-14-1-3-15(4-2-14)20-9-11-21(12-10-20)17(22)13-23-16-5-7-19-8-6-16/h1-4,16,19H,5-13H2. The van der Waals surface area contributed by atoms with Crippen LogP contribution in [0.4, 0.5) is 5.69 Å². The van der Waals surface area contributed by atoms with E-state index in [2.05, 4.69) is 10.2 Å². The van der Waals surface area contributed by atoms with E-state index >= 15 is 0 Å². The number of ether oxygens (including phenoxy) is 1. The Morgan fingerprint density at radius 3 is 2.43 bits per heavy atom. The van der Waals surface area contributed by atoms with Gasteiger partial charge in [-0.05, 0) is 50.2 Å². The number of anilines is 1. The first-order chi connectivity index (χ1) is 11.2. The van der Waals surface area contributed by atoms with Gasteiger partial charge in [0.15, 0.2) is 0 Å². The molecule has 0 radical (unpaired) electrons. The molecule has 2 aliphatic heterocycles. The highest BCUT2D eigenvalue weighted by atomic mass is 35.5. The van der Waals surface area contributed by atoms with Crippen molar-refractivity contribution in [3.8, 4) is 0 Å². The first kappa shape index (κ1) is 16.6. The van der Waals surface area contributed by atoms with Crippen LogP contribution in [0.25, 0.3) is 0 Å². The monoisotopic (exact) mass is 337 g/mol. The fraction of sp³-hybridized carbons (Fsp3) is 0.588. The maximum atomic E-state index is 12.3. The topological polar surface area (TPSA) is 44.8 Å². The van der Waals surface area contributed by atoms with Crippen LogP contribution in [0.1, 0.15) is 12.8 Å². The van der Waals surface area contributed by atoms with Crippen LogP contribution in [0, 0.1) is 0 Å². The second-order valence-electron chi connectivity index (χ2n) is 6.10. The number of hydrogen-bond acceptors (Lipinski definition) is 4. The van der Waals surface area contributed by atoms with Gasteiger partial charge in [0, 0.05) is 36.9 Å². The van der Waals surface area contributed by atoms with E-state index in [0.29, 0.717) is 0 Å². The third-order valence-electron chi connectivity index (χ3n) is 4.55. The minimum atomic E-state index is 0.110. The van der Waals surface area contributed by atoms with E-state index in [1.165, 1.54) is 0 Å². The highest BCUT2D eigenvalue weighted by Crippen LogP contribution is 2.19. The fourth-order valence-electron chi connectivity index (χ4n) is 3.11. The van der Waals surface area contributed by atoms with Gasteiger partial charge in [-0.3, -0.25) is 4.79 Å². The van der Waals surface area contributed by atoms with Crippen molar-refractivity contribution < 1.29 is 9.53 Å². The van der Waals surface area contributed by atoms with Crippen LogP contribution in [-0.4, -0.2) is 62.8 Å². The fourth-order valence-corrected chi connectivity index (χ4v) is 3.23. The molecule has 5 nitrogen and oxygen atoms in total. The number of benzene rings is 1. The van der Waals surface area contributed by atoms with Gasteiger partial charge in [-0.25, -0.2) is 0 Å². The van der Waals surface area contributed by atoms with Gasteiger partial charge in [-0.1, -0.05) is 11.6 Å². The molecule has 126 valence electrons. The van der Waals surface area contributed by atoms with E-state index in [1.807, 2.05) is 29.2 Å². The zero-order valence-electron chi connectivity index (χ0n) is 13.3. The third kappa shape index (κ3) is 4.59. The Labute approximate surface area is 142 Å². The van der Waals surface area contributed by atoms with Gasteiger partial charge in [0.2, 0.25) is 5.91 Å². The Hall–Kier alpha value is -1.30. The molecule has 1 aromatic carbocycles. The number of halogens is 1. The van der Waals surface area contributed by atoms with Crippen molar-refractivity contribution in [2.45, 2.75) is 18.9 Å². The number of nitrogens with zero attached hydrogens (tertiary/aromatic N) is 2. The minimum absolute atomic E-state index is 0.110. The van der Waals surface area contributed by atoms with Crippen LogP contribution < -0.4 is 10.2 Å². The van der Waals surface area contributed by atoms with Crippen LogP contribution in [-0.2, 0) is 9.53 Å². The SMILES string of the molecule is O=C(COC1CCNCC1)N1CCN(c2ccc(Cl)cc2)CC1. The molecule has 23 heavy (non-hydrogen) atoms. The zero-order valence-corrected chi connectivity index (χ0v) is 14.1. The van der Waals surface area contributed by atoms with Gasteiger partial charge in [-0.15, -0.1) is 0 Å². The van der Waals surface area contributed by atoms with Gasteiger partial charge in [0.1, 0.15) is 6.61 Å². The molecule has 0 bridgehead atoms. The molecule has 2 heterocycles. The van der Waals surface area contributed by atoms with E-state index in [-0.39, 0.29) is 18.6 Å². The van der Waals surface area contributed by atoms with Crippen molar-refractivity contribution in [1.82, 2.24) is 10.2 Å². The van der Waals surface area contributed by atoms with Crippen LogP contribution in [0.3, 0.4) is 0 Å². The van der Waals surface area contributed by atoms with Crippen LogP contribution >= 0.6 is 11.6 Å². The molecule has 0 aliphatic carbocycles. The minimum Gasteiger partial charge on any atom is -0.368 e. The zero-order chi connectivity index (χ0) is 16.1. The summed E-state index contributed by atoms with van der Waals surface area (Å²) >= 11 is 5.92. The van der Waals surface area contributed by atoms with E-state index < -0.39 is 0 Å². The number of piperidine rings is 1. The van der Waals surface area contributed by atoms with E-state index in [1.54, 1.807) is 0 Å². The summed E-state index contributed by atoms with van der Waals surface area (Å²) in [5, 5.41) is 4.05. The van der Waals surface area contributed by atoms with E-state index in [0.717, 1.165) is 62.8 Å². The maximum absolute atomic E-state index is 12.3. The summed E-state index contributed by atoms with van der Waals surface area (Å²) in [4.78, 5) is 16.5. The number of carbonyl (C=O) groups excluding carboxylic acids is 1. The second kappa shape index (κ2) is 7.99. The summed E-state index contributed by atoms with van der Waals surface area (Å²) in [7, 11) is 0. The van der Waals surface area contributed by atoms with Crippen molar-refractivity contribution in [3.05, 3.63) is 29.3 Å². The Morgan fingerprint density at radius 1 is 1.13 bits per heavy atom. The molecule has 1 amide bonds. The summed E-state index contributed by atoms with van der Waals surface area (Å²) in [5.41, 5.74) is 1.16. The number of hydrogen-bond donors (Lipinski definition) is 1. The predicted octanol–water partition coefficient (Wildman–Crippen LogP) is 1.76. The highest BCUT2D eigenvalue weighted by molar-refractivity contribution is 6.30. The predicted molar refractivity (Wildman–Crippen MR) is 92.1 cm³/mol. The Bertz CT molecular complexity index is 509. The Kier molecular flexibility index (Phi) is 5.75. The number of carbonyl (C=O) groups is 1. The Morgan fingerprint density at radius 2 is 1.78 bits per heavy atom. The summed E-state index contributed by atoms with van der Waals surface area (Å²) in [5.74, 6) is 0.110. The number of piperazine rings is 1. The normalized spacial score (nSPS) is 19.9. The molecular weight excluding hydrogens is 314 g/mol. The molecule has 1 N–H and O–H groups in total. The lowest BCUT2D eigenvalue weighted by Gasteiger charge is -2.36. The first-order valence-corrected chi connectivity index (χ1v) is 8.71. The van der Waals surface area contributed by atoms with Gasteiger partial charge in [0.25, 0.3) is 0 Å². The molecule has 3 rings (SSSR count). The lowest BCUT2D eigenvalue weighted by atomic mass is 10.1. The second-order valence-corrected chi connectivity index (χ2v) is 6.54. The van der Waals surface area contributed by atoms with Gasteiger partial charge in [0.05, 0.1) is 6.10 Å². The van der Waals surface area contributed by atoms with Crippen molar-refractivity contribution in [1.29, 1.82) is 0 Å². The molecule has 0 aromatic heterocycles. The first-order valence-electron chi connectivity index (χ1n) is 8.33. The van der Waals surface area contributed by atoms with Gasteiger partial charge < -0.3 is 19.9 Å². The van der Waals surface area contributed by atoms with E-state index in [4.69, 9.17) is 16.3 Å². The number of rotatable bonds is 4. The molecule has 0 spiro atoms. The Balaban J connectivity index is 1.42. The number of nitrogens with one attached hydrogen (secondary N) is 1. The van der Waals surface area contributed by atoms with Gasteiger partial charge >= 0.3 is 0 Å². The molecule has 0 atom stereocenters. The highest BCUT2D eigenvalue weighted by Gasteiger charge is 2.22. The average Bonchev–Trinajstić information content (AvgIpc) is 2.61. The summed E-state index contributed by atoms with van der Waals surface area (Å²) in [6, 6.07) is 7.86. The third-order valence-corrected chi connectivity index (χ3v) is 4.80. The molecule has 2 fully saturated rings. The summed E-state index contributed by atoms with van der Waals surface area (Å²) < 4.78 is 5.76. The van der Waals surface area contributed by atoms with Crippen molar-refractivity contribution in [2.24, 2.45) is 0 Å². The van der Waals surface area contributed by atoms with Gasteiger partial charge in [-0.2, -0.15) is 0 Å². The van der Waals surface area contributed by atoms with E-state index in [9.17, 15) is 4.79 Å². The molecule has 0 saturated carbocycles. The molecule has 2 aliphatic rings. The lowest BCUT2D eigenvalue weighted by molar-refractivity contribution is -0.139. The van der Waals surface area contributed by atoms with Crippen molar-refractivity contribution in [3.63, 3.8) is 0 Å². The summed E-state index contributed by atoms with van der Waals surface area (Å²) in [6.45, 7) is 5.37. The van der Waals surface area contributed by atoms with Crippen molar-refractivity contribution >= 4 is 23.2 Å². The average molecular weight is 338 g/mol. The van der Waals surface area contributed by atoms with Crippen LogP contribution in [0.2, 0.25) is 5.02 Å². The summed E-state index contributed by atoms with van der Waals surface area (Å²) in [6.07, 6.45) is 2.23. The van der Waals surface area contributed by atoms with Crippen LogP contribution in [0.5, 0.6) is 0 Å². The molecular formula is C17H24ClN3O2. The molecule has 6 heteroatoms. The molecule has 2 saturated heterocycles. The molecule has 0 unspecified atom stereocenters. The van der Waals surface area contributed by atoms with Crippen molar-refractivity contribution in [2.75, 3.05) is 50.8 Å².